The minimum Gasteiger partial charge on any atom is -0.0619 e. The molecule has 4 saturated carbocycles. The summed E-state index contributed by atoms with van der Waals surface area (Å²) in [5.74, 6) is 4.98. The second kappa shape index (κ2) is 11.3. The fourth-order valence-corrected chi connectivity index (χ4v) is 13.8. The van der Waals surface area contributed by atoms with E-state index in [-0.39, 0.29) is 5.41 Å². The zero-order valence-corrected chi connectivity index (χ0v) is 32.4. The fraction of sp³-hybridized carbons (Fsp3) is 0.250. The largest absolute Gasteiger partial charge is 0.0619 e. The maximum atomic E-state index is 2.61. The van der Waals surface area contributed by atoms with Crippen molar-refractivity contribution in [3.63, 3.8) is 0 Å². The Labute approximate surface area is 330 Å². The maximum absolute atomic E-state index is 2.61. The first kappa shape index (κ1) is 31.7. The van der Waals surface area contributed by atoms with Crippen LogP contribution < -0.4 is 0 Å². The van der Waals surface area contributed by atoms with Crippen molar-refractivity contribution in [1.82, 2.24) is 0 Å². The van der Waals surface area contributed by atoms with Crippen LogP contribution in [0.15, 0.2) is 146 Å². The molecule has 8 aromatic carbocycles. The molecule has 0 heterocycles. The lowest BCUT2D eigenvalue weighted by Gasteiger charge is -2.56. The van der Waals surface area contributed by atoms with Crippen LogP contribution in [0.4, 0.5) is 0 Å². The van der Waals surface area contributed by atoms with E-state index >= 15 is 0 Å². The third-order valence-electron chi connectivity index (χ3n) is 15.7. The predicted molar refractivity (Wildman–Crippen MR) is 235 cm³/mol. The normalized spacial score (nSPS) is 24.8. The van der Waals surface area contributed by atoms with Gasteiger partial charge in [-0.25, -0.2) is 0 Å². The SMILES string of the molecule is CC1(C)c2ccccc2-c2ccc(-c3c4ccccc4c(-c4ccc5c(c4)-c4c(ccc6ccccc46)C5C4C5CC6CC(C5)CC4C6)c4ccccc34)cc21. The molecule has 1 atom stereocenters. The molecule has 14 rings (SSSR count). The van der Waals surface area contributed by atoms with E-state index in [0.29, 0.717) is 5.92 Å². The molecular formula is C56H46. The molecule has 0 nitrogen and oxygen atoms in total. The van der Waals surface area contributed by atoms with Gasteiger partial charge in [-0.15, -0.1) is 0 Å². The molecule has 0 N–H and O–H groups in total. The summed E-state index contributed by atoms with van der Waals surface area (Å²) in [6.07, 6.45) is 7.35. The average Bonchev–Trinajstić information content (AvgIpc) is 3.67. The second-order valence-corrected chi connectivity index (χ2v) is 18.8. The van der Waals surface area contributed by atoms with E-state index in [1.165, 1.54) is 120 Å². The van der Waals surface area contributed by atoms with Crippen molar-refractivity contribution in [2.75, 3.05) is 0 Å². The monoisotopic (exact) mass is 718 g/mol. The van der Waals surface area contributed by atoms with E-state index in [4.69, 9.17) is 0 Å². The first-order chi connectivity index (χ1) is 27.5. The van der Waals surface area contributed by atoms with Crippen LogP contribution in [0.3, 0.4) is 0 Å². The quantitative estimate of drug-likeness (QED) is 0.160. The number of rotatable bonds is 3. The lowest BCUT2D eigenvalue weighted by Crippen LogP contribution is -2.47. The second-order valence-electron chi connectivity index (χ2n) is 18.8. The average molecular weight is 719 g/mol. The van der Waals surface area contributed by atoms with Crippen LogP contribution in [0.2, 0.25) is 0 Å². The van der Waals surface area contributed by atoms with Crippen molar-refractivity contribution < 1.29 is 0 Å². The van der Waals surface area contributed by atoms with Crippen LogP contribution in [0.5, 0.6) is 0 Å². The lowest BCUT2D eigenvalue weighted by molar-refractivity contribution is -0.0424. The first-order valence-electron chi connectivity index (χ1n) is 21.4. The van der Waals surface area contributed by atoms with Crippen LogP contribution in [-0.4, -0.2) is 0 Å². The summed E-state index contributed by atoms with van der Waals surface area (Å²) in [4.78, 5) is 0. The minimum atomic E-state index is -0.0487. The standard InChI is InChI=1S/C56H46/c1-56(2)49-18-10-9-13-40(49)41-22-20-36(31-50(41)56)53-44-16-7-5-14-42(44)52(43-15-6-8-17-45(43)53)35-21-23-46-48(30-35)54-39-12-4-3-11-34(39)19-24-47(54)55(46)51-37-26-32-25-33(28-37)29-38(51)27-32/h3-24,30-33,37-38,51,55H,25-29H2,1-2H3. The molecule has 4 bridgehead atoms. The van der Waals surface area contributed by atoms with Gasteiger partial charge in [0.25, 0.3) is 0 Å². The lowest BCUT2D eigenvalue weighted by atomic mass is 9.49. The number of hydrogen-bond acceptors (Lipinski definition) is 0. The Morgan fingerprint density at radius 2 is 0.946 bits per heavy atom. The van der Waals surface area contributed by atoms with E-state index in [1.807, 2.05) is 0 Å². The third-order valence-corrected chi connectivity index (χ3v) is 15.7. The van der Waals surface area contributed by atoms with E-state index in [2.05, 4.69) is 159 Å². The highest BCUT2D eigenvalue weighted by atomic mass is 14.6. The molecule has 1 unspecified atom stereocenters. The van der Waals surface area contributed by atoms with Gasteiger partial charge in [0.15, 0.2) is 0 Å². The number of fused-ring (bicyclic) bond motifs is 10. The van der Waals surface area contributed by atoms with E-state index in [0.717, 1.165) is 29.6 Å². The molecule has 0 amide bonds. The van der Waals surface area contributed by atoms with Gasteiger partial charge < -0.3 is 0 Å². The Bertz CT molecular complexity index is 2890. The number of benzene rings is 8. The van der Waals surface area contributed by atoms with Crippen LogP contribution in [0.25, 0.3) is 76.8 Å². The van der Waals surface area contributed by atoms with Gasteiger partial charge in [-0.3, -0.25) is 0 Å². The Morgan fingerprint density at radius 1 is 0.411 bits per heavy atom. The minimum absolute atomic E-state index is 0.0487. The van der Waals surface area contributed by atoms with Gasteiger partial charge in [-0.05, 0) is 173 Å². The highest BCUT2D eigenvalue weighted by Gasteiger charge is 2.52. The molecule has 8 aromatic rings. The first-order valence-corrected chi connectivity index (χ1v) is 21.4. The molecule has 0 spiro atoms. The Morgan fingerprint density at radius 3 is 1.62 bits per heavy atom. The molecule has 6 aliphatic rings. The summed E-state index contributed by atoms with van der Waals surface area (Å²) in [6.45, 7) is 4.78. The summed E-state index contributed by atoms with van der Waals surface area (Å²) in [5.41, 5.74) is 17.0. The van der Waals surface area contributed by atoms with E-state index in [1.54, 1.807) is 11.1 Å². The van der Waals surface area contributed by atoms with Gasteiger partial charge in [0.2, 0.25) is 0 Å². The van der Waals surface area contributed by atoms with Crippen LogP contribution in [0.1, 0.15) is 74.1 Å². The summed E-state index contributed by atoms with van der Waals surface area (Å²) in [6, 6.07) is 56.5. The highest BCUT2D eigenvalue weighted by Crippen LogP contribution is 2.64. The van der Waals surface area contributed by atoms with Gasteiger partial charge >= 0.3 is 0 Å². The molecule has 6 aliphatic carbocycles. The topological polar surface area (TPSA) is 0 Å². The van der Waals surface area contributed by atoms with E-state index in [9.17, 15) is 0 Å². The molecule has 0 aliphatic heterocycles. The molecule has 56 heavy (non-hydrogen) atoms. The predicted octanol–water partition coefficient (Wildman–Crippen LogP) is 15.0. The summed E-state index contributed by atoms with van der Waals surface area (Å²) >= 11 is 0. The van der Waals surface area contributed by atoms with Gasteiger partial charge in [-0.2, -0.15) is 0 Å². The van der Waals surface area contributed by atoms with Gasteiger partial charge in [0, 0.05) is 11.3 Å². The molecule has 0 saturated heterocycles. The summed E-state index contributed by atoms with van der Waals surface area (Å²) in [5, 5.41) is 8.09. The molecular weight excluding hydrogens is 673 g/mol. The Kier molecular flexibility index (Phi) is 6.41. The highest BCUT2D eigenvalue weighted by molar-refractivity contribution is 6.22. The molecule has 270 valence electrons. The molecule has 0 radical (unpaired) electrons. The van der Waals surface area contributed by atoms with Crippen LogP contribution in [-0.2, 0) is 5.41 Å². The van der Waals surface area contributed by atoms with Crippen molar-refractivity contribution in [2.24, 2.45) is 29.6 Å². The van der Waals surface area contributed by atoms with Crippen molar-refractivity contribution in [1.29, 1.82) is 0 Å². The maximum Gasteiger partial charge on any atom is 0.0159 e. The zero-order chi connectivity index (χ0) is 36.9. The Hall–Kier alpha value is -5.46. The summed E-state index contributed by atoms with van der Waals surface area (Å²) < 4.78 is 0. The van der Waals surface area contributed by atoms with Crippen molar-refractivity contribution in [3.05, 3.63) is 168 Å². The van der Waals surface area contributed by atoms with E-state index < -0.39 is 0 Å². The summed E-state index contributed by atoms with van der Waals surface area (Å²) in [7, 11) is 0. The van der Waals surface area contributed by atoms with Gasteiger partial charge in [0.05, 0.1) is 0 Å². The molecule has 0 aromatic heterocycles. The van der Waals surface area contributed by atoms with Gasteiger partial charge in [-0.1, -0.05) is 147 Å². The third kappa shape index (κ3) is 4.20. The molecule has 0 heteroatoms. The molecule has 4 fully saturated rings. The smallest absolute Gasteiger partial charge is 0.0159 e. The zero-order valence-electron chi connectivity index (χ0n) is 32.4. The fourth-order valence-electron chi connectivity index (χ4n) is 13.8. The number of hydrogen-bond donors (Lipinski definition) is 0. The van der Waals surface area contributed by atoms with Crippen LogP contribution in [0, 0.1) is 29.6 Å². The van der Waals surface area contributed by atoms with Crippen LogP contribution >= 0.6 is 0 Å². The van der Waals surface area contributed by atoms with Crippen molar-refractivity contribution in [2.45, 2.75) is 57.3 Å². The Balaban J connectivity index is 1.03. The van der Waals surface area contributed by atoms with Crippen molar-refractivity contribution in [3.8, 4) is 44.5 Å². The van der Waals surface area contributed by atoms with Crippen molar-refractivity contribution >= 4 is 32.3 Å². The van der Waals surface area contributed by atoms with Gasteiger partial charge in [0.1, 0.15) is 0 Å².